The standard InChI is InChI=1S/C14H15NO2/c1-2-6-13-9-15(10-13)14(16)17-11-12-7-4-3-5-8-12/h1,3-5,7-8,13H,6,9-11H2. The molecule has 0 atom stereocenters. The molecule has 88 valence electrons. The lowest BCUT2D eigenvalue weighted by atomic mass is 9.98. The zero-order valence-corrected chi connectivity index (χ0v) is 9.63. The highest BCUT2D eigenvalue weighted by molar-refractivity contribution is 5.68. The fraction of sp³-hybridized carbons (Fsp3) is 0.357. The third kappa shape index (κ3) is 3.01. The molecule has 1 aromatic carbocycles. The number of likely N-dealkylation sites (tertiary alicyclic amines) is 1. The number of amides is 1. The monoisotopic (exact) mass is 229 g/mol. The first kappa shape index (κ1) is 11.5. The van der Waals surface area contributed by atoms with Gasteiger partial charge >= 0.3 is 6.09 Å². The van der Waals surface area contributed by atoms with Gasteiger partial charge in [-0.15, -0.1) is 12.3 Å². The molecule has 1 fully saturated rings. The molecule has 1 amide bonds. The second-order valence-electron chi connectivity index (χ2n) is 4.22. The molecule has 17 heavy (non-hydrogen) atoms. The Kier molecular flexibility index (Phi) is 3.66. The summed E-state index contributed by atoms with van der Waals surface area (Å²) in [6.45, 7) is 1.77. The van der Waals surface area contributed by atoms with E-state index in [4.69, 9.17) is 11.2 Å². The number of hydrogen-bond donors (Lipinski definition) is 0. The molecule has 0 spiro atoms. The van der Waals surface area contributed by atoms with Gasteiger partial charge in [0.2, 0.25) is 0 Å². The van der Waals surface area contributed by atoms with Crippen molar-refractivity contribution in [3.63, 3.8) is 0 Å². The highest BCUT2D eigenvalue weighted by Gasteiger charge is 2.30. The zero-order chi connectivity index (χ0) is 12.1. The molecular weight excluding hydrogens is 214 g/mol. The van der Waals surface area contributed by atoms with E-state index in [0.29, 0.717) is 12.5 Å². The summed E-state index contributed by atoms with van der Waals surface area (Å²) in [5.74, 6) is 3.06. The highest BCUT2D eigenvalue weighted by Crippen LogP contribution is 2.19. The van der Waals surface area contributed by atoms with Gasteiger partial charge in [-0.2, -0.15) is 0 Å². The van der Waals surface area contributed by atoms with Gasteiger partial charge in [0.05, 0.1) is 0 Å². The number of nitrogens with zero attached hydrogens (tertiary/aromatic N) is 1. The quantitative estimate of drug-likeness (QED) is 0.744. The van der Waals surface area contributed by atoms with Gasteiger partial charge in [0.1, 0.15) is 6.61 Å². The Bertz CT molecular complexity index is 416. The molecule has 0 bridgehead atoms. The van der Waals surface area contributed by atoms with Crippen LogP contribution < -0.4 is 0 Å². The van der Waals surface area contributed by atoms with Crippen molar-refractivity contribution in [3.8, 4) is 12.3 Å². The zero-order valence-electron chi connectivity index (χ0n) is 9.63. The van der Waals surface area contributed by atoms with Crippen LogP contribution in [-0.4, -0.2) is 24.1 Å². The maximum Gasteiger partial charge on any atom is 0.410 e. The van der Waals surface area contributed by atoms with E-state index in [0.717, 1.165) is 25.1 Å². The van der Waals surface area contributed by atoms with Crippen molar-refractivity contribution >= 4 is 6.09 Å². The lowest BCUT2D eigenvalue weighted by Crippen LogP contribution is -2.49. The number of hydrogen-bond acceptors (Lipinski definition) is 2. The number of carbonyl (C=O) groups is 1. The normalized spacial score (nSPS) is 14.9. The van der Waals surface area contributed by atoms with Crippen LogP contribution in [0.25, 0.3) is 0 Å². The summed E-state index contributed by atoms with van der Waals surface area (Å²) in [6, 6.07) is 9.66. The molecule has 0 radical (unpaired) electrons. The van der Waals surface area contributed by atoms with Crippen molar-refractivity contribution in [1.29, 1.82) is 0 Å². The first-order valence-corrected chi connectivity index (χ1v) is 5.68. The number of terminal acetylenes is 1. The van der Waals surface area contributed by atoms with E-state index in [2.05, 4.69) is 5.92 Å². The molecule has 3 nitrogen and oxygen atoms in total. The van der Waals surface area contributed by atoms with Gasteiger partial charge in [0.25, 0.3) is 0 Å². The van der Waals surface area contributed by atoms with Crippen LogP contribution >= 0.6 is 0 Å². The van der Waals surface area contributed by atoms with E-state index in [1.165, 1.54) is 0 Å². The average Bonchev–Trinajstić information content (AvgIpc) is 2.31. The van der Waals surface area contributed by atoms with Crippen LogP contribution in [0.15, 0.2) is 30.3 Å². The van der Waals surface area contributed by atoms with Gasteiger partial charge in [-0.3, -0.25) is 0 Å². The van der Waals surface area contributed by atoms with Crippen LogP contribution in [0.1, 0.15) is 12.0 Å². The van der Waals surface area contributed by atoms with Gasteiger partial charge in [-0.25, -0.2) is 4.79 Å². The molecule has 1 aliphatic rings. The number of benzene rings is 1. The molecule has 1 heterocycles. The van der Waals surface area contributed by atoms with Gasteiger partial charge in [-0.05, 0) is 5.56 Å². The van der Waals surface area contributed by atoms with Crippen molar-refractivity contribution in [2.75, 3.05) is 13.1 Å². The molecule has 0 unspecified atom stereocenters. The van der Waals surface area contributed by atoms with Crippen molar-refractivity contribution in [2.24, 2.45) is 5.92 Å². The van der Waals surface area contributed by atoms with E-state index in [9.17, 15) is 4.79 Å². The number of rotatable bonds is 3. The summed E-state index contributed by atoms with van der Waals surface area (Å²) in [5, 5.41) is 0. The SMILES string of the molecule is C#CCC1CN(C(=O)OCc2ccccc2)C1. The lowest BCUT2D eigenvalue weighted by Gasteiger charge is -2.37. The van der Waals surface area contributed by atoms with Crippen LogP contribution in [0.2, 0.25) is 0 Å². The van der Waals surface area contributed by atoms with Crippen molar-refractivity contribution in [2.45, 2.75) is 13.0 Å². The molecule has 0 aromatic heterocycles. The van der Waals surface area contributed by atoms with E-state index in [1.807, 2.05) is 30.3 Å². The summed E-state index contributed by atoms with van der Waals surface area (Å²) in [7, 11) is 0. The van der Waals surface area contributed by atoms with Crippen LogP contribution in [0.5, 0.6) is 0 Å². The predicted octanol–water partition coefficient (Wildman–Crippen LogP) is 2.28. The Morgan fingerprint density at radius 3 is 2.76 bits per heavy atom. The molecule has 1 aromatic rings. The van der Waals surface area contributed by atoms with Crippen LogP contribution in [-0.2, 0) is 11.3 Å². The predicted molar refractivity (Wildman–Crippen MR) is 65.1 cm³/mol. The van der Waals surface area contributed by atoms with Gasteiger partial charge in [0, 0.05) is 25.4 Å². The molecule has 0 N–H and O–H groups in total. The Labute approximate surface area is 101 Å². The lowest BCUT2D eigenvalue weighted by molar-refractivity contribution is 0.0508. The minimum Gasteiger partial charge on any atom is -0.445 e. The first-order chi connectivity index (χ1) is 8.29. The van der Waals surface area contributed by atoms with Crippen molar-refractivity contribution in [1.82, 2.24) is 4.90 Å². The molecule has 3 heteroatoms. The second kappa shape index (κ2) is 5.40. The van der Waals surface area contributed by atoms with Gasteiger partial charge in [-0.1, -0.05) is 30.3 Å². The first-order valence-electron chi connectivity index (χ1n) is 5.68. The van der Waals surface area contributed by atoms with Crippen molar-refractivity contribution < 1.29 is 9.53 Å². The fourth-order valence-electron chi connectivity index (χ4n) is 1.83. The minimum atomic E-state index is -0.248. The van der Waals surface area contributed by atoms with Gasteiger partial charge in [0.15, 0.2) is 0 Å². The summed E-state index contributed by atoms with van der Waals surface area (Å²) < 4.78 is 5.19. The third-order valence-corrected chi connectivity index (χ3v) is 2.83. The topological polar surface area (TPSA) is 29.5 Å². The number of carbonyl (C=O) groups excluding carboxylic acids is 1. The Balaban J connectivity index is 1.71. The third-order valence-electron chi connectivity index (χ3n) is 2.83. The van der Waals surface area contributed by atoms with Crippen LogP contribution in [0.4, 0.5) is 4.79 Å². The van der Waals surface area contributed by atoms with Crippen molar-refractivity contribution in [3.05, 3.63) is 35.9 Å². The Hall–Kier alpha value is -1.95. The summed E-state index contributed by atoms with van der Waals surface area (Å²) in [5.41, 5.74) is 1.00. The molecule has 0 aliphatic carbocycles. The Morgan fingerprint density at radius 1 is 1.41 bits per heavy atom. The minimum absolute atomic E-state index is 0.248. The van der Waals surface area contributed by atoms with E-state index in [-0.39, 0.29) is 6.09 Å². The smallest absolute Gasteiger partial charge is 0.410 e. The molecule has 1 saturated heterocycles. The largest absolute Gasteiger partial charge is 0.445 e. The maximum absolute atomic E-state index is 11.6. The second-order valence-corrected chi connectivity index (χ2v) is 4.22. The average molecular weight is 229 g/mol. The van der Waals surface area contributed by atoms with Crippen LogP contribution in [0.3, 0.4) is 0 Å². The van der Waals surface area contributed by atoms with Crippen LogP contribution in [0, 0.1) is 18.3 Å². The highest BCUT2D eigenvalue weighted by atomic mass is 16.6. The maximum atomic E-state index is 11.6. The summed E-state index contributed by atoms with van der Waals surface area (Å²) in [6.07, 6.45) is 5.70. The van der Waals surface area contributed by atoms with E-state index < -0.39 is 0 Å². The molecular formula is C14H15NO2. The molecule has 1 aliphatic heterocycles. The molecule has 0 saturated carbocycles. The number of ether oxygens (including phenoxy) is 1. The Morgan fingerprint density at radius 2 is 2.12 bits per heavy atom. The summed E-state index contributed by atoms with van der Waals surface area (Å²) >= 11 is 0. The van der Waals surface area contributed by atoms with E-state index in [1.54, 1.807) is 4.90 Å². The van der Waals surface area contributed by atoms with Gasteiger partial charge < -0.3 is 9.64 Å². The summed E-state index contributed by atoms with van der Waals surface area (Å²) in [4.78, 5) is 13.3. The molecule has 2 rings (SSSR count). The van der Waals surface area contributed by atoms with E-state index >= 15 is 0 Å². The fourth-order valence-corrected chi connectivity index (χ4v) is 1.83.